The van der Waals surface area contributed by atoms with Crippen LogP contribution < -0.4 is 0 Å². The molecule has 1 aliphatic rings. The summed E-state index contributed by atoms with van der Waals surface area (Å²) in [5.74, 6) is 1.02. The van der Waals surface area contributed by atoms with E-state index < -0.39 is 0 Å². The van der Waals surface area contributed by atoms with Crippen LogP contribution in [0, 0.1) is 5.92 Å². The van der Waals surface area contributed by atoms with Gasteiger partial charge >= 0.3 is 0 Å². The Kier molecular flexibility index (Phi) is 1.98. The number of nitrogens with zero attached hydrogens (tertiary/aromatic N) is 2. The molecule has 0 aliphatic carbocycles. The number of carbonyl (C=O) groups excluding carboxylic acids is 1. The third-order valence-electron chi connectivity index (χ3n) is 2.32. The fourth-order valence-electron chi connectivity index (χ4n) is 1.16. The van der Waals surface area contributed by atoms with Gasteiger partial charge in [-0.15, -0.1) is 0 Å². The lowest BCUT2D eigenvalue weighted by Crippen LogP contribution is -2.43. The second-order valence-electron chi connectivity index (χ2n) is 3.10. The number of hydrogen-bond donors (Lipinski definition) is 0. The molecular weight excluding hydrogens is 140 g/mol. The minimum atomic E-state index is 0.0312. The van der Waals surface area contributed by atoms with Crippen LogP contribution in [0.3, 0.4) is 0 Å². The van der Waals surface area contributed by atoms with Gasteiger partial charge in [0.1, 0.15) is 5.84 Å². The summed E-state index contributed by atoms with van der Waals surface area (Å²) in [7, 11) is 1.77. The maximum absolute atomic E-state index is 11.4. The zero-order valence-corrected chi connectivity index (χ0v) is 7.46. The van der Waals surface area contributed by atoms with E-state index in [1.54, 1.807) is 11.9 Å². The highest BCUT2D eigenvalue weighted by molar-refractivity contribution is 5.99. The van der Waals surface area contributed by atoms with Crippen molar-refractivity contribution in [1.29, 1.82) is 0 Å². The molecule has 1 heterocycles. The number of amides is 1. The van der Waals surface area contributed by atoms with E-state index in [0.29, 0.717) is 0 Å². The van der Waals surface area contributed by atoms with Crippen molar-refractivity contribution in [3.05, 3.63) is 0 Å². The van der Waals surface area contributed by atoms with Crippen LogP contribution >= 0.6 is 0 Å². The first-order valence-corrected chi connectivity index (χ1v) is 3.86. The topological polar surface area (TPSA) is 32.7 Å². The molecular formula is C8H14N2O. The summed E-state index contributed by atoms with van der Waals surface area (Å²) in [5.41, 5.74) is 0. The van der Waals surface area contributed by atoms with E-state index in [9.17, 15) is 4.79 Å². The Morgan fingerprint density at radius 2 is 2.00 bits per heavy atom. The Bertz CT molecular complexity index is 210. The number of amidine groups is 1. The molecule has 0 saturated heterocycles. The molecule has 0 aromatic rings. The lowest BCUT2D eigenvalue weighted by atomic mass is 10.0. The molecule has 0 fully saturated rings. The Hall–Kier alpha value is -0.860. The predicted octanol–water partition coefficient (Wildman–Crippen LogP) is 0.901. The van der Waals surface area contributed by atoms with Crippen molar-refractivity contribution in [3.63, 3.8) is 0 Å². The minimum Gasteiger partial charge on any atom is -0.304 e. The van der Waals surface area contributed by atoms with Gasteiger partial charge in [-0.25, -0.2) is 0 Å². The zero-order chi connectivity index (χ0) is 8.59. The van der Waals surface area contributed by atoms with Crippen molar-refractivity contribution in [3.8, 4) is 0 Å². The quantitative estimate of drug-likeness (QED) is 0.510. The molecule has 0 radical (unpaired) electrons. The summed E-state index contributed by atoms with van der Waals surface area (Å²) in [5, 5.41) is 0. The van der Waals surface area contributed by atoms with Crippen LogP contribution in [0.25, 0.3) is 0 Å². The van der Waals surface area contributed by atoms with Gasteiger partial charge in [0, 0.05) is 7.05 Å². The van der Waals surface area contributed by atoms with Crippen LogP contribution in [0.4, 0.5) is 0 Å². The van der Waals surface area contributed by atoms with Crippen molar-refractivity contribution < 1.29 is 4.79 Å². The van der Waals surface area contributed by atoms with E-state index in [4.69, 9.17) is 0 Å². The first kappa shape index (κ1) is 8.24. The molecule has 0 aromatic carbocycles. The van der Waals surface area contributed by atoms with Crippen LogP contribution in [0.5, 0.6) is 0 Å². The number of carbonyl (C=O) groups is 1. The van der Waals surface area contributed by atoms with E-state index in [-0.39, 0.29) is 17.9 Å². The van der Waals surface area contributed by atoms with Gasteiger partial charge in [0.05, 0.1) is 12.0 Å². The van der Waals surface area contributed by atoms with Gasteiger partial charge in [0.15, 0.2) is 0 Å². The summed E-state index contributed by atoms with van der Waals surface area (Å²) in [4.78, 5) is 17.3. The Balaban J connectivity index is 2.92. The van der Waals surface area contributed by atoms with Gasteiger partial charge < -0.3 is 4.90 Å². The van der Waals surface area contributed by atoms with Crippen LogP contribution in [-0.2, 0) is 4.79 Å². The normalized spacial score (nSPS) is 32.2. The number of aliphatic imine (C=N–C) groups is 1. The van der Waals surface area contributed by atoms with Crippen LogP contribution in [0.1, 0.15) is 20.8 Å². The molecule has 2 unspecified atom stereocenters. The predicted molar refractivity (Wildman–Crippen MR) is 44.5 cm³/mol. The maximum atomic E-state index is 11.4. The molecule has 3 heteroatoms. The monoisotopic (exact) mass is 154 g/mol. The highest BCUT2D eigenvalue weighted by Crippen LogP contribution is 2.15. The van der Waals surface area contributed by atoms with Crippen LogP contribution in [-0.4, -0.2) is 29.7 Å². The summed E-state index contributed by atoms with van der Waals surface area (Å²) >= 11 is 0. The molecule has 2 atom stereocenters. The van der Waals surface area contributed by atoms with Crippen molar-refractivity contribution in [2.45, 2.75) is 26.8 Å². The van der Waals surface area contributed by atoms with Crippen molar-refractivity contribution in [1.82, 2.24) is 4.90 Å². The third-order valence-corrected chi connectivity index (χ3v) is 2.32. The van der Waals surface area contributed by atoms with Crippen molar-refractivity contribution in [2.24, 2.45) is 10.9 Å². The molecule has 0 spiro atoms. The Morgan fingerprint density at radius 3 is 2.55 bits per heavy atom. The first-order chi connectivity index (χ1) is 5.04. The molecule has 1 amide bonds. The van der Waals surface area contributed by atoms with Gasteiger partial charge in [-0.05, 0) is 13.8 Å². The van der Waals surface area contributed by atoms with Gasteiger partial charge in [-0.3, -0.25) is 9.79 Å². The molecule has 0 N–H and O–H groups in total. The van der Waals surface area contributed by atoms with E-state index in [1.807, 2.05) is 20.8 Å². The van der Waals surface area contributed by atoms with Gasteiger partial charge in [0.2, 0.25) is 5.91 Å². The third kappa shape index (κ3) is 1.27. The number of hydrogen-bond acceptors (Lipinski definition) is 2. The summed E-state index contributed by atoms with van der Waals surface area (Å²) < 4.78 is 0. The average Bonchev–Trinajstić information content (AvgIpc) is 1.97. The minimum absolute atomic E-state index is 0.0312. The number of rotatable bonds is 0. The van der Waals surface area contributed by atoms with Crippen molar-refractivity contribution >= 4 is 11.7 Å². The fourth-order valence-corrected chi connectivity index (χ4v) is 1.16. The molecule has 1 aliphatic heterocycles. The van der Waals surface area contributed by atoms with Crippen LogP contribution in [0.2, 0.25) is 0 Å². The molecule has 11 heavy (non-hydrogen) atoms. The van der Waals surface area contributed by atoms with Gasteiger partial charge in [-0.2, -0.15) is 0 Å². The fraction of sp³-hybridized carbons (Fsp3) is 0.750. The smallest absolute Gasteiger partial charge is 0.232 e. The molecule has 1 rings (SSSR count). The largest absolute Gasteiger partial charge is 0.304 e. The molecule has 62 valence electrons. The maximum Gasteiger partial charge on any atom is 0.232 e. The molecule has 0 saturated carbocycles. The standard InChI is InChI=1S/C8H14N2O/c1-5-6(2)9-7(3)10(4)8(5)11/h5-6H,1-4H3. The van der Waals surface area contributed by atoms with E-state index >= 15 is 0 Å². The van der Waals surface area contributed by atoms with E-state index in [2.05, 4.69) is 4.99 Å². The molecule has 0 bridgehead atoms. The summed E-state index contributed by atoms with van der Waals surface area (Å²) in [6.07, 6.45) is 0. The summed E-state index contributed by atoms with van der Waals surface area (Å²) in [6.45, 7) is 5.75. The second kappa shape index (κ2) is 2.64. The van der Waals surface area contributed by atoms with E-state index in [1.165, 1.54) is 0 Å². The highest BCUT2D eigenvalue weighted by Gasteiger charge is 2.28. The summed E-state index contributed by atoms with van der Waals surface area (Å²) in [6, 6.07) is 0.138. The van der Waals surface area contributed by atoms with Crippen molar-refractivity contribution in [2.75, 3.05) is 7.05 Å². The Morgan fingerprint density at radius 1 is 1.45 bits per heavy atom. The average molecular weight is 154 g/mol. The van der Waals surface area contributed by atoms with Gasteiger partial charge in [0.25, 0.3) is 0 Å². The molecule has 3 nitrogen and oxygen atoms in total. The highest BCUT2D eigenvalue weighted by atomic mass is 16.2. The first-order valence-electron chi connectivity index (χ1n) is 3.86. The SMILES string of the molecule is CC1=NC(C)C(C)C(=O)N1C. The second-order valence-corrected chi connectivity index (χ2v) is 3.10. The molecule has 0 aromatic heterocycles. The van der Waals surface area contributed by atoms with Gasteiger partial charge in [-0.1, -0.05) is 6.92 Å². The van der Waals surface area contributed by atoms with E-state index in [0.717, 1.165) is 5.84 Å². The van der Waals surface area contributed by atoms with Crippen LogP contribution in [0.15, 0.2) is 4.99 Å². The lowest BCUT2D eigenvalue weighted by molar-refractivity contribution is -0.131. The Labute approximate surface area is 67.1 Å². The lowest BCUT2D eigenvalue weighted by Gasteiger charge is -2.29. The zero-order valence-electron chi connectivity index (χ0n) is 7.46.